The zero-order valence-corrected chi connectivity index (χ0v) is 19.7. The normalized spacial score (nSPS) is 29.4. The summed E-state index contributed by atoms with van der Waals surface area (Å²) in [7, 11) is 0. The van der Waals surface area contributed by atoms with Gasteiger partial charge in [-0.2, -0.15) is 0 Å². The summed E-state index contributed by atoms with van der Waals surface area (Å²) >= 11 is 0. The van der Waals surface area contributed by atoms with E-state index in [1.54, 1.807) is 0 Å². The second-order valence-corrected chi connectivity index (χ2v) is 9.96. The Kier molecular flexibility index (Phi) is 9.03. The smallest absolute Gasteiger partial charge is 0.243 e. The largest absolute Gasteiger partial charge is 0.356 e. The van der Waals surface area contributed by atoms with Gasteiger partial charge in [0.1, 0.15) is 12.3 Å². The predicted octanol–water partition coefficient (Wildman–Crippen LogP) is 2.39. The quantitative estimate of drug-likeness (QED) is 0.593. The number of carbonyl (C=O) groups excluding carboxylic acids is 4. The highest BCUT2D eigenvalue weighted by Gasteiger charge is 2.37. The van der Waals surface area contributed by atoms with E-state index in [4.69, 9.17) is 0 Å². The van der Waals surface area contributed by atoms with Gasteiger partial charge in [0.05, 0.1) is 6.04 Å². The Morgan fingerprint density at radius 1 is 0.970 bits per heavy atom. The molecule has 2 aliphatic heterocycles. The fourth-order valence-corrected chi connectivity index (χ4v) is 5.04. The summed E-state index contributed by atoms with van der Waals surface area (Å²) in [5.41, 5.74) is 1.09. The van der Waals surface area contributed by atoms with Crippen LogP contribution < -0.4 is 16.0 Å². The molecule has 180 valence electrons. The first-order valence-corrected chi connectivity index (χ1v) is 12.2. The van der Waals surface area contributed by atoms with E-state index in [0.29, 0.717) is 32.1 Å². The maximum atomic E-state index is 13.3. The molecule has 0 spiro atoms. The van der Waals surface area contributed by atoms with Crippen molar-refractivity contribution in [2.24, 2.45) is 23.7 Å². The Hall–Kier alpha value is -2.70. The highest BCUT2D eigenvalue weighted by Crippen LogP contribution is 2.29. The van der Waals surface area contributed by atoms with Crippen molar-refractivity contribution >= 4 is 24.0 Å². The third kappa shape index (κ3) is 7.14. The van der Waals surface area contributed by atoms with Crippen LogP contribution in [0.25, 0.3) is 0 Å². The molecular weight excluding hydrogens is 418 g/mol. The van der Waals surface area contributed by atoms with Gasteiger partial charge in [-0.25, -0.2) is 0 Å². The lowest BCUT2D eigenvalue weighted by atomic mass is 9.84. The number of aldehydes is 1. The molecule has 1 aromatic rings. The van der Waals surface area contributed by atoms with Gasteiger partial charge in [-0.1, -0.05) is 57.0 Å². The van der Waals surface area contributed by atoms with Crippen LogP contribution in [0.15, 0.2) is 30.3 Å². The maximum absolute atomic E-state index is 13.3. The Bertz CT molecular complexity index is 826. The third-order valence-corrected chi connectivity index (χ3v) is 6.86. The molecule has 1 aromatic carbocycles. The molecule has 7 heteroatoms. The van der Waals surface area contributed by atoms with Gasteiger partial charge in [-0.15, -0.1) is 0 Å². The van der Waals surface area contributed by atoms with E-state index in [0.717, 1.165) is 31.2 Å². The SMILES string of the molecule is CC(C)C[C@@H]1NC(=O)[C@@H](Cc2ccccc2)CCCC[C@H]2CNC(=O)[C@H]2CC(C=O)NC1=O. The highest BCUT2D eigenvalue weighted by atomic mass is 16.2. The van der Waals surface area contributed by atoms with Crippen molar-refractivity contribution in [3.8, 4) is 0 Å². The van der Waals surface area contributed by atoms with Crippen molar-refractivity contribution in [3.05, 3.63) is 35.9 Å². The molecular formula is C26H37N3O4. The second-order valence-electron chi connectivity index (χ2n) is 9.96. The fourth-order valence-electron chi connectivity index (χ4n) is 5.04. The second kappa shape index (κ2) is 12.0. The van der Waals surface area contributed by atoms with Crippen LogP contribution in [-0.2, 0) is 25.6 Å². The molecule has 0 aliphatic carbocycles. The summed E-state index contributed by atoms with van der Waals surface area (Å²) in [6, 6.07) is 8.47. The van der Waals surface area contributed by atoms with Crippen LogP contribution in [0.5, 0.6) is 0 Å². The van der Waals surface area contributed by atoms with Gasteiger partial charge in [-0.05, 0) is 49.5 Å². The van der Waals surface area contributed by atoms with Gasteiger partial charge in [-0.3, -0.25) is 14.4 Å². The minimum absolute atomic E-state index is 0.0396. The average Bonchev–Trinajstić information content (AvgIpc) is 3.13. The standard InChI is InChI=1S/C26H37N3O4/c1-17(2)12-23-26(33)28-21(16-30)14-22-20(15-27-25(22)32)11-7-6-10-19(24(31)29-23)13-18-8-4-3-5-9-18/h3-5,8-9,16-17,19-23H,6-7,10-15H2,1-2H3,(H,27,32)(H,28,33)(H,29,31)/t19-,20+,21?,22+,23+/m1/s1. The molecule has 3 rings (SSSR count). The zero-order chi connectivity index (χ0) is 23.8. The zero-order valence-electron chi connectivity index (χ0n) is 19.7. The van der Waals surface area contributed by atoms with Crippen molar-refractivity contribution in [2.75, 3.05) is 6.54 Å². The van der Waals surface area contributed by atoms with Crippen molar-refractivity contribution < 1.29 is 19.2 Å². The third-order valence-electron chi connectivity index (χ3n) is 6.86. The van der Waals surface area contributed by atoms with Crippen molar-refractivity contribution in [1.29, 1.82) is 0 Å². The summed E-state index contributed by atoms with van der Waals surface area (Å²) in [4.78, 5) is 50.5. The van der Waals surface area contributed by atoms with E-state index in [1.165, 1.54) is 0 Å². The summed E-state index contributed by atoms with van der Waals surface area (Å²) in [6.45, 7) is 4.60. The number of hydrogen-bond donors (Lipinski definition) is 3. The molecule has 0 bridgehead atoms. The molecule has 0 radical (unpaired) electrons. The lowest BCUT2D eigenvalue weighted by Crippen LogP contribution is -2.52. The molecule has 2 saturated heterocycles. The molecule has 0 saturated carbocycles. The summed E-state index contributed by atoms with van der Waals surface area (Å²) < 4.78 is 0. The Balaban J connectivity index is 1.82. The highest BCUT2D eigenvalue weighted by molar-refractivity contribution is 5.90. The van der Waals surface area contributed by atoms with Crippen LogP contribution in [0.1, 0.15) is 57.9 Å². The van der Waals surface area contributed by atoms with Crippen LogP contribution in [-0.4, -0.2) is 42.6 Å². The molecule has 1 unspecified atom stereocenters. The van der Waals surface area contributed by atoms with E-state index in [-0.39, 0.29) is 41.4 Å². The lowest BCUT2D eigenvalue weighted by Gasteiger charge is -2.27. The minimum Gasteiger partial charge on any atom is -0.356 e. The molecule has 2 heterocycles. The van der Waals surface area contributed by atoms with Crippen LogP contribution >= 0.6 is 0 Å². The molecule has 3 N–H and O–H groups in total. The monoisotopic (exact) mass is 455 g/mol. The van der Waals surface area contributed by atoms with Gasteiger partial charge in [0.15, 0.2) is 0 Å². The number of carbonyl (C=O) groups is 4. The van der Waals surface area contributed by atoms with Crippen LogP contribution in [0.2, 0.25) is 0 Å². The lowest BCUT2D eigenvalue weighted by molar-refractivity contribution is -0.132. The first-order chi connectivity index (χ1) is 15.9. The predicted molar refractivity (Wildman–Crippen MR) is 126 cm³/mol. The number of hydrogen-bond acceptors (Lipinski definition) is 4. The van der Waals surface area contributed by atoms with E-state index < -0.39 is 12.1 Å². The summed E-state index contributed by atoms with van der Waals surface area (Å²) in [5.74, 6) is -0.697. The Morgan fingerprint density at radius 3 is 2.39 bits per heavy atom. The Morgan fingerprint density at radius 2 is 1.70 bits per heavy atom. The number of nitrogens with one attached hydrogen (secondary N) is 3. The van der Waals surface area contributed by atoms with E-state index >= 15 is 0 Å². The summed E-state index contributed by atoms with van der Waals surface area (Å²) in [6.07, 6.45) is 5.48. The van der Waals surface area contributed by atoms with Crippen LogP contribution in [0, 0.1) is 23.7 Å². The molecule has 3 amide bonds. The first-order valence-electron chi connectivity index (χ1n) is 12.2. The summed E-state index contributed by atoms with van der Waals surface area (Å²) in [5, 5.41) is 8.69. The number of fused-ring (bicyclic) bond motifs is 1. The van der Waals surface area contributed by atoms with Gasteiger partial charge in [0.2, 0.25) is 17.7 Å². The van der Waals surface area contributed by atoms with E-state index in [1.807, 2.05) is 44.2 Å². The molecule has 33 heavy (non-hydrogen) atoms. The fraction of sp³-hybridized carbons (Fsp3) is 0.615. The first kappa shape index (κ1) is 24.9. The minimum atomic E-state index is -0.747. The number of benzene rings is 1. The van der Waals surface area contributed by atoms with Crippen molar-refractivity contribution in [2.45, 2.75) is 70.9 Å². The van der Waals surface area contributed by atoms with E-state index in [9.17, 15) is 19.2 Å². The van der Waals surface area contributed by atoms with Crippen LogP contribution in [0.4, 0.5) is 0 Å². The van der Waals surface area contributed by atoms with Gasteiger partial charge in [0, 0.05) is 18.4 Å². The molecule has 5 atom stereocenters. The van der Waals surface area contributed by atoms with Crippen molar-refractivity contribution in [3.63, 3.8) is 0 Å². The average molecular weight is 456 g/mol. The van der Waals surface area contributed by atoms with Gasteiger partial charge >= 0.3 is 0 Å². The molecule has 2 fully saturated rings. The number of amides is 3. The molecule has 7 nitrogen and oxygen atoms in total. The topological polar surface area (TPSA) is 104 Å². The van der Waals surface area contributed by atoms with Crippen LogP contribution in [0.3, 0.4) is 0 Å². The Labute approximate surface area is 196 Å². The van der Waals surface area contributed by atoms with E-state index in [2.05, 4.69) is 16.0 Å². The maximum Gasteiger partial charge on any atom is 0.243 e. The van der Waals surface area contributed by atoms with Crippen molar-refractivity contribution in [1.82, 2.24) is 16.0 Å². The number of rotatable bonds is 5. The molecule has 0 aromatic heterocycles. The van der Waals surface area contributed by atoms with Gasteiger partial charge < -0.3 is 20.7 Å². The molecule has 2 aliphatic rings. The van der Waals surface area contributed by atoms with Gasteiger partial charge in [0.25, 0.3) is 0 Å².